The first-order chi connectivity index (χ1) is 10.3. The van der Waals surface area contributed by atoms with Gasteiger partial charge in [-0.25, -0.2) is 5.01 Å². The van der Waals surface area contributed by atoms with Crippen molar-refractivity contribution < 1.29 is 0 Å². The Kier molecular flexibility index (Phi) is 3.20. The third kappa shape index (κ3) is 2.45. The zero-order valence-electron chi connectivity index (χ0n) is 11.1. The Bertz CT molecular complexity index is 725. The van der Waals surface area contributed by atoms with Crippen LogP contribution < -0.4 is 0 Å². The zero-order valence-corrected chi connectivity index (χ0v) is 12.7. The van der Waals surface area contributed by atoms with Gasteiger partial charge >= 0.3 is 0 Å². The molecule has 0 fully saturated rings. The lowest BCUT2D eigenvalue weighted by Crippen LogP contribution is -2.15. The van der Waals surface area contributed by atoms with Crippen molar-refractivity contribution in [2.75, 3.05) is 6.54 Å². The third-order valence-electron chi connectivity index (χ3n) is 3.51. The highest BCUT2D eigenvalue weighted by Crippen LogP contribution is 2.35. The number of halogens is 1. The van der Waals surface area contributed by atoms with Crippen molar-refractivity contribution in [1.82, 2.24) is 5.01 Å². The van der Waals surface area contributed by atoms with Crippen LogP contribution in [0.3, 0.4) is 0 Å². The van der Waals surface area contributed by atoms with E-state index in [1.165, 1.54) is 5.56 Å². The predicted octanol–water partition coefficient (Wildman–Crippen LogP) is 4.16. The summed E-state index contributed by atoms with van der Waals surface area (Å²) in [6, 6.07) is 18.2. The number of fused-ring (bicyclic) bond motifs is 1. The van der Waals surface area contributed by atoms with Crippen LogP contribution in [0.4, 0.5) is 0 Å². The first-order valence-electron chi connectivity index (χ1n) is 6.72. The lowest BCUT2D eigenvalue weighted by atomic mass is 10.1. The Morgan fingerprint density at radius 2 is 1.81 bits per heavy atom. The fourth-order valence-electron chi connectivity index (χ4n) is 2.42. The van der Waals surface area contributed by atoms with Gasteiger partial charge in [-0.3, -0.25) is 4.99 Å². The molecule has 0 bridgehead atoms. The van der Waals surface area contributed by atoms with E-state index in [1.807, 2.05) is 47.5 Å². The predicted molar refractivity (Wildman–Crippen MR) is 88.9 cm³/mol. The van der Waals surface area contributed by atoms with Crippen molar-refractivity contribution in [2.45, 2.75) is 6.04 Å². The molecular formula is C16H12ClN3S. The smallest absolute Gasteiger partial charge is 0.187 e. The van der Waals surface area contributed by atoms with Gasteiger partial charge in [0.15, 0.2) is 5.17 Å². The summed E-state index contributed by atoms with van der Waals surface area (Å²) in [5, 5.41) is 9.41. The van der Waals surface area contributed by atoms with Crippen molar-refractivity contribution in [3.05, 3.63) is 70.7 Å². The fourth-order valence-corrected chi connectivity index (χ4v) is 3.52. The highest BCUT2D eigenvalue weighted by molar-refractivity contribution is 8.27. The maximum Gasteiger partial charge on any atom is 0.187 e. The quantitative estimate of drug-likeness (QED) is 0.832. The van der Waals surface area contributed by atoms with Gasteiger partial charge in [-0.1, -0.05) is 54.1 Å². The maximum absolute atomic E-state index is 5.93. The van der Waals surface area contributed by atoms with Crippen LogP contribution in [0.1, 0.15) is 17.2 Å². The number of hydrogen-bond acceptors (Lipinski definition) is 4. The lowest BCUT2D eigenvalue weighted by Gasteiger charge is -2.09. The van der Waals surface area contributed by atoms with Gasteiger partial charge in [-0.2, -0.15) is 5.10 Å². The van der Waals surface area contributed by atoms with Crippen molar-refractivity contribution in [3.8, 4) is 0 Å². The summed E-state index contributed by atoms with van der Waals surface area (Å²) in [7, 11) is 0. The molecule has 2 heterocycles. The van der Waals surface area contributed by atoms with E-state index in [0.29, 0.717) is 0 Å². The van der Waals surface area contributed by atoms with Gasteiger partial charge in [0.05, 0.1) is 12.6 Å². The van der Waals surface area contributed by atoms with E-state index >= 15 is 0 Å². The number of hydrogen-bond donors (Lipinski definition) is 0. The summed E-state index contributed by atoms with van der Waals surface area (Å²) < 4.78 is 0. The van der Waals surface area contributed by atoms with Crippen LogP contribution in [0.25, 0.3) is 0 Å². The molecule has 5 heteroatoms. The van der Waals surface area contributed by atoms with Gasteiger partial charge in [0.2, 0.25) is 0 Å². The molecule has 0 spiro atoms. The first kappa shape index (κ1) is 12.9. The van der Waals surface area contributed by atoms with E-state index in [-0.39, 0.29) is 6.04 Å². The van der Waals surface area contributed by atoms with Crippen molar-refractivity contribution in [1.29, 1.82) is 0 Å². The molecule has 3 nitrogen and oxygen atoms in total. The summed E-state index contributed by atoms with van der Waals surface area (Å²) in [5.41, 5.74) is 2.32. The number of benzene rings is 2. The molecule has 0 N–H and O–H groups in total. The van der Waals surface area contributed by atoms with Gasteiger partial charge in [-0.05, 0) is 29.5 Å². The summed E-state index contributed by atoms with van der Waals surface area (Å²) >= 11 is 7.56. The molecule has 0 saturated heterocycles. The minimum Gasteiger partial charge on any atom is -0.251 e. The second-order valence-electron chi connectivity index (χ2n) is 4.93. The van der Waals surface area contributed by atoms with E-state index in [0.717, 1.165) is 27.3 Å². The molecule has 104 valence electrons. The molecule has 0 aliphatic carbocycles. The molecule has 1 atom stereocenters. The van der Waals surface area contributed by atoms with Gasteiger partial charge < -0.3 is 0 Å². The van der Waals surface area contributed by atoms with E-state index in [2.05, 4.69) is 17.2 Å². The van der Waals surface area contributed by atoms with Gasteiger partial charge in [-0.15, -0.1) is 0 Å². The molecule has 4 rings (SSSR count). The van der Waals surface area contributed by atoms with Crippen LogP contribution >= 0.6 is 23.4 Å². The highest BCUT2D eigenvalue weighted by atomic mass is 35.5. The molecule has 2 aliphatic rings. The van der Waals surface area contributed by atoms with Crippen LogP contribution in [0, 0.1) is 0 Å². The van der Waals surface area contributed by atoms with Crippen LogP contribution in [0.5, 0.6) is 0 Å². The topological polar surface area (TPSA) is 28.0 Å². The van der Waals surface area contributed by atoms with Crippen molar-refractivity contribution in [2.24, 2.45) is 10.1 Å². The SMILES string of the molecule is Clc1ccc(C2CN3N=C(c4ccccc4)SC3=N2)cc1. The van der Waals surface area contributed by atoms with Gasteiger partial charge in [0.25, 0.3) is 0 Å². The molecule has 21 heavy (non-hydrogen) atoms. The molecule has 0 radical (unpaired) electrons. The molecule has 2 aliphatic heterocycles. The number of aliphatic imine (C=N–C) groups is 1. The molecule has 0 aromatic heterocycles. The standard InChI is InChI=1S/C16H12ClN3S/c17-13-8-6-11(7-9-13)14-10-20-16(18-14)21-15(19-20)12-4-2-1-3-5-12/h1-9,14H,10H2. The van der Waals surface area contributed by atoms with E-state index in [1.54, 1.807) is 11.8 Å². The lowest BCUT2D eigenvalue weighted by molar-refractivity contribution is 0.462. The van der Waals surface area contributed by atoms with Crippen molar-refractivity contribution >= 4 is 33.6 Å². The average molecular weight is 314 g/mol. The normalized spacial score (nSPS) is 20.2. The third-order valence-corrected chi connectivity index (χ3v) is 4.77. The molecule has 2 aromatic carbocycles. The van der Waals surface area contributed by atoms with Crippen LogP contribution in [-0.2, 0) is 0 Å². The van der Waals surface area contributed by atoms with E-state index in [4.69, 9.17) is 16.6 Å². The summed E-state index contributed by atoms with van der Waals surface area (Å²) in [4.78, 5) is 4.77. The number of thioether (sulfide) groups is 1. The second kappa shape index (κ2) is 5.20. The van der Waals surface area contributed by atoms with E-state index < -0.39 is 0 Å². The average Bonchev–Trinajstić information content (AvgIpc) is 3.07. The highest BCUT2D eigenvalue weighted by Gasteiger charge is 2.32. The Hall–Kier alpha value is -1.78. The number of rotatable bonds is 2. The first-order valence-corrected chi connectivity index (χ1v) is 7.92. The Balaban J connectivity index is 1.54. The zero-order chi connectivity index (χ0) is 14.2. The number of hydrazone groups is 1. The summed E-state index contributed by atoms with van der Waals surface area (Å²) in [6.45, 7) is 0.792. The Labute approximate surface area is 132 Å². The molecule has 1 unspecified atom stereocenters. The Morgan fingerprint density at radius 3 is 2.52 bits per heavy atom. The van der Waals surface area contributed by atoms with Crippen molar-refractivity contribution in [3.63, 3.8) is 0 Å². The van der Waals surface area contributed by atoms with Gasteiger partial charge in [0.1, 0.15) is 5.04 Å². The molecule has 0 saturated carbocycles. The van der Waals surface area contributed by atoms with Gasteiger partial charge in [0, 0.05) is 10.6 Å². The number of amidine groups is 1. The maximum atomic E-state index is 5.93. The molecular weight excluding hydrogens is 302 g/mol. The minimum atomic E-state index is 0.144. The monoisotopic (exact) mass is 313 g/mol. The van der Waals surface area contributed by atoms with Crippen LogP contribution in [-0.4, -0.2) is 21.8 Å². The van der Waals surface area contributed by atoms with E-state index in [9.17, 15) is 0 Å². The van der Waals surface area contributed by atoms with Crippen LogP contribution in [0.15, 0.2) is 64.7 Å². The Morgan fingerprint density at radius 1 is 1.05 bits per heavy atom. The second-order valence-corrected chi connectivity index (χ2v) is 6.33. The molecule has 2 aromatic rings. The van der Waals surface area contributed by atoms with Crippen LogP contribution in [0.2, 0.25) is 5.02 Å². The molecule has 0 amide bonds. The number of nitrogens with zero attached hydrogens (tertiary/aromatic N) is 3. The fraction of sp³-hybridized carbons (Fsp3) is 0.125. The minimum absolute atomic E-state index is 0.144. The summed E-state index contributed by atoms with van der Waals surface area (Å²) in [5.74, 6) is 0. The summed E-state index contributed by atoms with van der Waals surface area (Å²) in [6.07, 6.45) is 0. The largest absolute Gasteiger partial charge is 0.251 e.